The molecule has 0 saturated carbocycles. The molecule has 0 unspecified atom stereocenters. The Labute approximate surface area is 161 Å². The van der Waals surface area contributed by atoms with Gasteiger partial charge in [0.05, 0.1) is 0 Å². The number of halogens is 3. The zero-order valence-corrected chi connectivity index (χ0v) is 16.4. The van der Waals surface area contributed by atoms with Crippen molar-refractivity contribution in [2.75, 3.05) is 0 Å². The highest BCUT2D eigenvalue weighted by Crippen LogP contribution is 2.35. The molecule has 0 radical (unpaired) electrons. The minimum Gasteiger partial charge on any atom is -0.314 e. The molecule has 0 aromatic heterocycles. The number of alkyl halides is 3. The lowest BCUT2D eigenvalue weighted by Crippen LogP contribution is -2.69. The van der Waals surface area contributed by atoms with Gasteiger partial charge < -0.3 is 5.32 Å². The maximum absolute atomic E-state index is 13.8. The monoisotopic (exact) mass is 399 g/mol. The van der Waals surface area contributed by atoms with E-state index < -0.39 is 35.7 Å². The Bertz CT molecular complexity index is 784. The minimum atomic E-state index is -5.22. The fraction of sp³-hybridized carbons (Fsp3) is 0.526. The van der Waals surface area contributed by atoms with Gasteiger partial charge in [-0.25, -0.2) is 4.79 Å². The van der Waals surface area contributed by atoms with Crippen LogP contribution in [0.5, 0.6) is 0 Å². The largest absolute Gasteiger partial charge is 0.440 e. The number of imide groups is 1. The highest BCUT2D eigenvalue weighted by Gasteiger charge is 2.69. The van der Waals surface area contributed by atoms with Crippen LogP contribution in [-0.4, -0.2) is 40.6 Å². The van der Waals surface area contributed by atoms with Gasteiger partial charge in [0.15, 0.2) is 0 Å². The molecule has 1 aromatic carbocycles. The summed E-state index contributed by atoms with van der Waals surface area (Å²) in [6, 6.07) is 4.09. The first-order chi connectivity index (χ1) is 12.7. The molecule has 2 atom stereocenters. The SMILES string of the molecule is CC[C@H](C)N1C(=O)N[C@@](NC(=O)c2ccc(C(C)(C)C)cc2)(C(F)(F)F)C1=O. The molecule has 0 bridgehead atoms. The summed E-state index contributed by atoms with van der Waals surface area (Å²) in [5.41, 5.74) is -2.86. The second-order valence-corrected chi connectivity index (χ2v) is 7.89. The predicted octanol–water partition coefficient (Wildman–Crippen LogP) is 3.32. The lowest BCUT2D eigenvalue weighted by atomic mass is 9.86. The molecule has 1 heterocycles. The number of nitrogens with one attached hydrogen (secondary N) is 2. The third-order valence-electron chi connectivity index (χ3n) is 4.82. The van der Waals surface area contributed by atoms with E-state index in [-0.39, 0.29) is 17.4 Å². The Kier molecular flexibility index (Phi) is 5.51. The van der Waals surface area contributed by atoms with Crippen molar-refractivity contribution in [3.05, 3.63) is 35.4 Å². The smallest absolute Gasteiger partial charge is 0.314 e. The van der Waals surface area contributed by atoms with Gasteiger partial charge in [-0.05, 0) is 36.5 Å². The molecule has 1 aliphatic rings. The van der Waals surface area contributed by atoms with Crippen molar-refractivity contribution < 1.29 is 27.6 Å². The maximum Gasteiger partial charge on any atom is 0.440 e. The lowest BCUT2D eigenvalue weighted by molar-refractivity contribution is -0.200. The summed E-state index contributed by atoms with van der Waals surface area (Å²) in [6.07, 6.45) is -4.95. The summed E-state index contributed by atoms with van der Waals surface area (Å²) >= 11 is 0. The molecule has 1 saturated heterocycles. The number of rotatable bonds is 4. The first kappa shape index (κ1) is 21.7. The third kappa shape index (κ3) is 3.70. The molecule has 0 aliphatic carbocycles. The number of hydrogen-bond donors (Lipinski definition) is 2. The maximum atomic E-state index is 13.8. The van der Waals surface area contributed by atoms with Crippen LogP contribution in [-0.2, 0) is 10.2 Å². The Hall–Kier alpha value is -2.58. The summed E-state index contributed by atoms with van der Waals surface area (Å²) in [6.45, 7) is 8.95. The van der Waals surface area contributed by atoms with Crippen molar-refractivity contribution in [3.63, 3.8) is 0 Å². The highest BCUT2D eigenvalue weighted by molar-refractivity contribution is 6.10. The van der Waals surface area contributed by atoms with Crippen LogP contribution in [0.15, 0.2) is 24.3 Å². The van der Waals surface area contributed by atoms with Crippen LogP contribution in [0.1, 0.15) is 57.0 Å². The first-order valence-corrected chi connectivity index (χ1v) is 8.90. The van der Waals surface area contributed by atoms with Crippen molar-refractivity contribution in [1.82, 2.24) is 15.5 Å². The van der Waals surface area contributed by atoms with Crippen LogP contribution in [0.4, 0.5) is 18.0 Å². The number of nitrogens with zero attached hydrogens (tertiary/aromatic N) is 1. The second-order valence-electron chi connectivity index (χ2n) is 7.89. The number of amides is 4. The van der Waals surface area contributed by atoms with Gasteiger partial charge in [-0.2, -0.15) is 13.2 Å². The van der Waals surface area contributed by atoms with Crippen molar-refractivity contribution >= 4 is 17.8 Å². The fourth-order valence-electron chi connectivity index (χ4n) is 2.84. The second kappa shape index (κ2) is 7.10. The number of urea groups is 1. The van der Waals surface area contributed by atoms with E-state index in [9.17, 15) is 27.6 Å². The molecule has 6 nitrogen and oxygen atoms in total. The molecule has 2 N–H and O–H groups in total. The molecule has 1 aliphatic heterocycles. The average molecular weight is 399 g/mol. The van der Waals surface area contributed by atoms with E-state index in [1.807, 2.05) is 20.8 Å². The average Bonchev–Trinajstić information content (AvgIpc) is 2.84. The molecular weight excluding hydrogens is 375 g/mol. The standard InChI is InChI=1S/C19H24F3N3O3/c1-6-11(2)25-15(27)18(19(20,21)22,24-16(25)28)23-14(26)12-7-9-13(10-8-12)17(3,4)5/h7-11H,6H2,1-5H3,(H,23,26)(H,24,28)/t11-,18+/m0/s1. The van der Waals surface area contributed by atoms with Gasteiger partial charge in [0, 0.05) is 11.6 Å². The molecule has 154 valence electrons. The van der Waals surface area contributed by atoms with E-state index >= 15 is 0 Å². The Morgan fingerprint density at radius 2 is 1.71 bits per heavy atom. The van der Waals surface area contributed by atoms with E-state index in [2.05, 4.69) is 0 Å². The van der Waals surface area contributed by atoms with Crippen LogP contribution in [0.2, 0.25) is 0 Å². The van der Waals surface area contributed by atoms with Gasteiger partial charge in [-0.15, -0.1) is 0 Å². The van der Waals surface area contributed by atoms with Gasteiger partial charge in [-0.3, -0.25) is 19.8 Å². The Balaban J connectivity index is 2.37. The number of benzene rings is 1. The van der Waals surface area contributed by atoms with E-state index in [0.717, 1.165) is 5.56 Å². The Morgan fingerprint density at radius 1 is 1.18 bits per heavy atom. The number of hydrogen-bond acceptors (Lipinski definition) is 3. The number of carbonyl (C=O) groups excluding carboxylic acids is 3. The molecule has 9 heteroatoms. The van der Waals surface area contributed by atoms with Crippen molar-refractivity contribution in [2.45, 2.75) is 64.3 Å². The zero-order valence-electron chi connectivity index (χ0n) is 16.4. The summed E-state index contributed by atoms with van der Waals surface area (Å²) in [5, 5.41) is 3.35. The lowest BCUT2D eigenvalue weighted by Gasteiger charge is -2.30. The minimum absolute atomic E-state index is 0.0549. The van der Waals surface area contributed by atoms with Crippen LogP contribution < -0.4 is 10.6 Å². The van der Waals surface area contributed by atoms with Gasteiger partial charge in [0.2, 0.25) is 0 Å². The van der Waals surface area contributed by atoms with Crippen LogP contribution >= 0.6 is 0 Å². The van der Waals surface area contributed by atoms with E-state index in [4.69, 9.17) is 0 Å². The van der Waals surface area contributed by atoms with E-state index in [1.165, 1.54) is 19.1 Å². The molecule has 28 heavy (non-hydrogen) atoms. The summed E-state index contributed by atoms with van der Waals surface area (Å²) in [4.78, 5) is 37.6. The zero-order chi connectivity index (χ0) is 21.5. The summed E-state index contributed by atoms with van der Waals surface area (Å²) in [5.74, 6) is -2.66. The quantitative estimate of drug-likeness (QED) is 0.763. The van der Waals surface area contributed by atoms with Crippen LogP contribution in [0.25, 0.3) is 0 Å². The van der Waals surface area contributed by atoms with Gasteiger partial charge in [0.1, 0.15) is 0 Å². The normalized spacial score (nSPS) is 21.5. The topological polar surface area (TPSA) is 78.5 Å². The van der Waals surface area contributed by atoms with Crippen molar-refractivity contribution in [1.29, 1.82) is 0 Å². The fourth-order valence-corrected chi connectivity index (χ4v) is 2.84. The summed E-state index contributed by atoms with van der Waals surface area (Å²) in [7, 11) is 0. The van der Waals surface area contributed by atoms with Gasteiger partial charge in [0.25, 0.3) is 17.5 Å². The van der Waals surface area contributed by atoms with Crippen LogP contribution in [0, 0.1) is 0 Å². The Morgan fingerprint density at radius 3 is 2.14 bits per heavy atom. The molecular formula is C19H24F3N3O3. The van der Waals surface area contributed by atoms with Gasteiger partial charge >= 0.3 is 12.2 Å². The first-order valence-electron chi connectivity index (χ1n) is 8.90. The van der Waals surface area contributed by atoms with Gasteiger partial charge in [-0.1, -0.05) is 39.8 Å². The van der Waals surface area contributed by atoms with Crippen molar-refractivity contribution in [3.8, 4) is 0 Å². The van der Waals surface area contributed by atoms with Crippen molar-refractivity contribution in [2.24, 2.45) is 0 Å². The molecule has 2 rings (SSSR count). The molecule has 1 aromatic rings. The van der Waals surface area contributed by atoms with E-state index in [1.54, 1.807) is 29.7 Å². The van der Waals surface area contributed by atoms with Crippen LogP contribution in [0.3, 0.4) is 0 Å². The summed E-state index contributed by atoms with van der Waals surface area (Å²) < 4.78 is 41.4. The third-order valence-corrected chi connectivity index (χ3v) is 4.82. The molecule has 1 fully saturated rings. The molecule has 4 amide bonds. The predicted molar refractivity (Wildman–Crippen MR) is 96.5 cm³/mol. The van der Waals surface area contributed by atoms with E-state index in [0.29, 0.717) is 4.90 Å². The highest BCUT2D eigenvalue weighted by atomic mass is 19.4. The molecule has 0 spiro atoms. The number of carbonyl (C=O) groups is 3.